The summed E-state index contributed by atoms with van der Waals surface area (Å²) in [6.07, 6.45) is 5.24. The zero-order valence-electron chi connectivity index (χ0n) is 12.1. The van der Waals surface area contributed by atoms with Crippen LogP contribution in [0.2, 0.25) is 0 Å². The Bertz CT molecular complexity index is 571. The Balaban J connectivity index is 1.81. The molecule has 2 aromatic rings. The van der Waals surface area contributed by atoms with E-state index >= 15 is 0 Å². The molecule has 106 valence electrons. The van der Waals surface area contributed by atoms with Crippen molar-refractivity contribution in [1.29, 1.82) is 0 Å². The molecule has 1 heterocycles. The number of aromatic nitrogens is 3. The van der Waals surface area contributed by atoms with E-state index in [1.807, 2.05) is 38.1 Å². The highest BCUT2D eigenvalue weighted by Crippen LogP contribution is 2.33. The summed E-state index contributed by atoms with van der Waals surface area (Å²) in [5.74, 6) is 3.23. The second-order valence-electron chi connectivity index (χ2n) is 5.72. The van der Waals surface area contributed by atoms with Gasteiger partial charge in [-0.15, -0.1) is 0 Å². The Hall–Kier alpha value is -1.84. The topological polar surface area (TPSA) is 50.8 Å². The predicted molar refractivity (Wildman–Crippen MR) is 78.8 cm³/mol. The number of hydrogen-bond acceptors (Lipinski definition) is 3. The van der Waals surface area contributed by atoms with Gasteiger partial charge in [-0.25, -0.2) is 4.98 Å². The van der Waals surface area contributed by atoms with Crippen molar-refractivity contribution in [2.75, 3.05) is 0 Å². The number of H-pyrrole nitrogens is 1. The van der Waals surface area contributed by atoms with Crippen molar-refractivity contribution in [2.45, 2.75) is 51.6 Å². The van der Waals surface area contributed by atoms with Crippen LogP contribution < -0.4 is 4.74 Å². The van der Waals surface area contributed by atoms with Gasteiger partial charge in [-0.3, -0.25) is 5.10 Å². The van der Waals surface area contributed by atoms with Gasteiger partial charge in [-0.05, 0) is 38.8 Å². The van der Waals surface area contributed by atoms with Crippen LogP contribution in [0.3, 0.4) is 0 Å². The minimum atomic E-state index is 0.173. The number of aromatic amines is 1. The molecular formula is C16H21N3O. The molecule has 1 saturated carbocycles. The van der Waals surface area contributed by atoms with Gasteiger partial charge in [0.05, 0.1) is 6.10 Å². The zero-order valence-corrected chi connectivity index (χ0v) is 12.1. The van der Waals surface area contributed by atoms with Crippen LogP contribution in [0.4, 0.5) is 0 Å². The molecule has 3 rings (SSSR count). The van der Waals surface area contributed by atoms with Crippen molar-refractivity contribution in [3.63, 3.8) is 0 Å². The lowest BCUT2D eigenvalue weighted by Crippen LogP contribution is -2.05. The van der Waals surface area contributed by atoms with Crippen molar-refractivity contribution in [2.24, 2.45) is 0 Å². The van der Waals surface area contributed by atoms with E-state index in [2.05, 4.69) is 15.2 Å². The van der Waals surface area contributed by atoms with Crippen LogP contribution in [0.5, 0.6) is 5.75 Å². The van der Waals surface area contributed by atoms with Crippen molar-refractivity contribution >= 4 is 0 Å². The van der Waals surface area contributed by atoms with Gasteiger partial charge < -0.3 is 4.74 Å². The van der Waals surface area contributed by atoms with E-state index in [4.69, 9.17) is 4.74 Å². The Morgan fingerprint density at radius 1 is 1.25 bits per heavy atom. The lowest BCUT2D eigenvalue weighted by atomic mass is 10.1. The van der Waals surface area contributed by atoms with Crippen molar-refractivity contribution in [3.05, 3.63) is 30.1 Å². The summed E-state index contributed by atoms with van der Waals surface area (Å²) in [7, 11) is 0. The third kappa shape index (κ3) is 2.84. The number of ether oxygens (including phenoxy) is 1. The van der Waals surface area contributed by atoms with Crippen molar-refractivity contribution < 1.29 is 4.74 Å². The van der Waals surface area contributed by atoms with Gasteiger partial charge in [0.2, 0.25) is 0 Å². The van der Waals surface area contributed by atoms with Crippen LogP contribution >= 0.6 is 0 Å². The SMILES string of the molecule is CC(C)Oc1cccc(-c2n[nH]c(C3CCCC3)n2)c1. The Kier molecular flexibility index (Phi) is 3.72. The first-order chi connectivity index (χ1) is 9.72. The molecule has 1 aromatic carbocycles. The number of benzene rings is 1. The normalized spacial score (nSPS) is 15.9. The third-order valence-corrected chi connectivity index (χ3v) is 3.71. The van der Waals surface area contributed by atoms with Crippen LogP contribution in [-0.4, -0.2) is 21.3 Å². The summed E-state index contributed by atoms with van der Waals surface area (Å²) in [6, 6.07) is 7.98. The molecule has 0 aliphatic heterocycles. The van der Waals surface area contributed by atoms with Gasteiger partial charge in [0.25, 0.3) is 0 Å². The van der Waals surface area contributed by atoms with Gasteiger partial charge in [0.1, 0.15) is 11.6 Å². The molecule has 4 nitrogen and oxygen atoms in total. The predicted octanol–water partition coefficient (Wildman–Crippen LogP) is 3.92. The molecule has 1 N–H and O–H groups in total. The quantitative estimate of drug-likeness (QED) is 0.917. The first kappa shape index (κ1) is 13.2. The molecule has 4 heteroatoms. The van der Waals surface area contributed by atoms with E-state index in [9.17, 15) is 0 Å². The minimum absolute atomic E-state index is 0.173. The van der Waals surface area contributed by atoms with Crippen LogP contribution in [-0.2, 0) is 0 Å². The highest BCUT2D eigenvalue weighted by molar-refractivity contribution is 5.57. The summed E-state index contributed by atoms with van der Waals surface area (Å²) in [6.45, 7) is 4.05. The summed E-state index contributed by atoms with van der Waals surface area (Å²) >= 11 is 0. The van der Waals surface area contributed by atoms with Gasteiger partial charge in [-0.1, -0.05) is 25.0 Å². The third-order valence-electron chi connectivity index (χ3n) is 3.71. The maximum absolute atomic E-state index is 5.72. The van der Waals surface area contributed by atoms with Crippen LogP contribution in [0.25, 0.3) is 11.4 Å². The molecule has 20 heavy (non-hydrogen) atoms. The van der Waals surface area contributed by atoms with Gasteiger partial charge >= 0.3 is 0 Å². The molecule has 0 atom stereocenters. The number of hydrogen-bond donors (Lipinski definition) is 1. The van der Waals surface area contributed by atoms with E-state index < -0.39 is 0 Å². The molecular weight excluding hydrogens is 250 g/mol. The number of nitrogens with zero attached hydrogens (tertiary/aromatic N) is 2. The summed E-state index contributed by atoms with van der Waals surface area (Å²) in [5.41, 5.74) is 1.00. The van der Waals surface area contributed by atoms with Crippen molar-refractivity contribution in [3.8, 4) is 17.1 Å². The maximum Gasteiger partial charge on any atom is 0.181 e. The van der Waals surface area contributed by atoms with Gasteiger partial charge in [0.15, 0.2) is 5.82 Å². The van der Waals surface area contributed by atoms with E-state index in [0.717, 1.165) is 23.0 Å². The fraction of sp³-hybridized carbons (Fsp3) is 0.500. The standard InChI is InChI=1S/C16H21N3O/c1-11(2)20-14-9-5-8-13(10-14)16-17-15(18-19-16)12-6-3-4-7-12/h5,8-12H,3-4,6-7H2,1-2H3,(H,17,18,19). The summed E-state index contributed by atoms with van der Waals surface area (Å²) < 4.78 is 5.72. The van der Waals surface area contributed by atoms with E-state index in [1.165, 1.54) is 25.7 Å². The monoisotopic (exact) mass is 271 g/mol. The average molecular weight is 271 g/mol. The first-order valence-electron chi connectivity index (χ1n) is 7.42. The molecule has 1 fully saturated rings. The van der Waals surface area contributed by atoms with Gasteiger partial charge in [-0.2, -0.15) is 5.10 Å². The molecule has 0 saturated heterocycles. The average Bonchev–Trinajstić information content (AvgIpc) is 3.09. The van der Waals surface area contributed by atoms with Crippen LogP contribution in [0, 0.1) is 0 Å². The number of nitrogens with one attached hydrogen (secondary N) is 1. The molecule has 1 aromatic heterocycles. The molecule has 0 spiro atoms. The molecule has 1 aliphatic rings. The van der Waals surface area contributed by atoms with Crippen molar-refractivity contribution in [1.82, 2.24) is 15.2 Å². The zero-order chi connectivity index (χ0) is 13.9. The Labute approximate surface area is 119 Å². The summed E-state index contributed by atoms with van der Waals surface area (Å²) in [4.78, 5) is 4.66. The van der Waals surface area contributed by atoms with Gasteiger partial charge in [0, 0.05) is 11.5 Å². The fourth-order valence-corrected chi connectivity index (χ4v) is 2.77. The molecule has 0 bridgehead atoms. The molecule has 0 amide bonds. The summed E-state index contributed by atoms with van der Waals surface area (Å²) in [5, 5.41) is 7.46. The van der Waals surface area contributed by atoms with Crippen LogP contribution in [0.15, 0.2) is 24.3 Å². The van der Waals surface area contributed by atoms with E-state index in [-0.39, 0.29) is 6.10 Å². The highest BCUT2D eigenvalue weighted by Gasteiger charge is 2.20. The largest absolute Gasteiger partial charge is 0.491 e. The minimum Gasteiger partial charge on any atom is -0.491 e. The highest BCUT2D eigenvalue weighted by atomic mass is 16.5. The first-order valence-corrected chi connectivity index (χ1v) is 7.42. The molecule has 0 radical (unpaired) electrons. The van der Waals surface area contributed by atoms with Crippen LogP contribution in [0.1, 0.15) is 51.3 Å². The van der Waals surface area contributed by atoms with E-state index in [1.54, 1.807) is 0 Å². The Morgan fingerprint density at radius 3 is 2.80 bits per heavy atom. The molecule has 0 unspecified atom stereocenters. The lowest BCUT2D eigenvalue weighted by Gasteiger charge is -2.09. The second kappa shape index (κ2) is 5.65. The number of rotatable bonds is 4. The maximum atomic E-state index is 5.72. The Morgan fingerprint density at radius 2 is 2.05 bits per heavy atom. The fourth-order valence-electron chi connectivity index (χ4n) is 2.77. The van der Waals surface area contributed by atoms with E-state index in [0.29, 0.717) is 5.92 Å². The smallest absolute Gasteiger partial charge is 0.181 e. The lowest BCUT2D eigenvalue weighted by molar-refractivity contribution is 0.242. The second-order valence-corrected chi connectivity index (χ2v) is 5.72. The molecule has 1 aliphatic carbocycles.